The Labute approximate surface area is 118 Å². The highest BCUT2D eigenvalue weighted by atomic mass is 19.1. The van der Waals surface area contributed by atoms with Gasteiger partial charge in [0.15, 0.2) is 0 Å². The van der Waals surface area contributed by atoms with Gasteiger partial charge in [0.25, 0.3) is 5.91 Å². The topological polar surface area (TPSA) is 52.6 Å². The molecule has 0 aliphatic carbocycles. The molecule has 1 aliphatic rings. The summed E-state index contributed by atoms with van der Waals surface area (Å²) in [6, 6.07) is 3.52. The number of nitrogens with zero attached hydrogens (tertiary/aromatic N) is 1. The third-order valence-corrected chi connectivity index (χ3v) is 3.77. The van der Waals surface area contributed by atoms with Crippen LogP contribution in [0, 0.1) is 11.7 Å². The molecule has 110 valence electrons. The van der Waals surface area contributed by atoms with Crippen molar-refractivity contribution in [1.29, 1.82) is 0 Å². The fraction of sp³-hybridized carbons (Fsp3) is 0.533. The van der Waals surface area contributed by atoms with Gasteiger partial charge < -0.3 is 15.3 Å². The van der Waals surface area contributed by atoms with E-state index in [0.717, 1.165) is 32.0 Å². The number of hydrogen-bond donors (Lipinski definition) is 2. The molecule has 0 radical (unpaired) electrons. The Bertz CT molecular complexity index is 471. The van der Waals surface area contributed by atoms with E-state index in [1.807, 2.05) is 0 Å². The van der Waals surface area contributed by atoms with Crippen LogP contribution in [0.15, 0.2) is 18.2 Å². The van der Waals surface area contributed by atoms with E-state index in [2.05, 4.69) is 12.2 Å². The van der Waals surface area contributed by atoms with Gasteiger partial charge in [-0.2, -0.15) is 0 Å². The lowest BCUT2D eigenvalue weighted by molar-refractivity contribution is 0.0687. The molecule has 2 rings (SSSR count). The largest absolute Gasteiger partial charge is 0.507 e. The lowest BCUT2D eigenvalue weighted by Gasteiger charge is -2.32. The zero-order chi connectivity index (χ0) is 14.5. The maximum atomic E-state index is 12.9. The fourth-order valence-corrected chi connectivity index (χ4v) is 2.54. The molecule has 4 nitrogen and oxygen atoms in total. The van der Waals surface area contributed by atoms with Gasteiger partial charge in [0.2, 0.25) is 0 Å². The summed E-state index contributed by atoms with van der Waals surface area (Å²) in [7, 11) is 0. The number of nitrogens with one attached hydrogen (secondary N) is 1. The van der Waals surface area contributed by atoms with E-state index in [1.165, 1.54) is 12.1 Å². The number of likely N-dealkylation sites (tertiary alicyclic amines) is 1. The normalized spacial score (nSPS) is 16.4. The number of amides is 1. The third kappa shape index (κ3) is 3.48. The molecule has 5 heteroatoms. The van der Waals surface area contributed by atoms with Crippen LogP contribution in [0.25, 0.3) is 0 Å². The molecule has 0 spiro atoms. The summed E-state index contributed by atoms with van der Waals surface area (Å²) < 4.78 is 12.9. The summed E-state index contributed by atoms with van der Waals surface area (Å²) >= 11 is 0. The minimum atomic E-state index is -0.539. The number of aromatic hydroxyl groups is 1. The summed E-state index contributed by atoms with van der Waals surface area (Å²) in [5.74, 6) is -0.446. The molecular weight excluding hydrogens is 259 g/mol. The van der Waals surface area contributed by atoms with Crippen LogP contribution in [-0.2, 0) is 0 Å². The van der Waals surface area contributed by atoms with Gasteiger partial charge in [-0.05, 0) is 44.0 Å². The van der Waals surface area contributed by atoms with E-state index in [9.17, 15) is 14.3 Å². The average Bonchev–Trinajstić information content (AvgIpc) is 2.45. The standard InChI is InChI=1S/C15H21FN2O2/c1-2-17-10-11-5-7-18(8-6-11)15(20)13-4-3-12(16)9-14(13)19/h3-4,9,11,17,19H,2,5-8,10H2,1H3. The van der Waals surface area contributed by atoms with Crippen LogP contribution in [0.4, 0.5) is 4.39 Å². The molecule has 1 saturated heterocycles. The van der Waals surface area contributed by atoms with E-state index < -0.39 is 5.82 Å². The van der Waals surface area contributed by atoms with Crippen LogP contribution in [0.5, 0.6) is 5.75 Å². The van der Waals surface area contributed by atoms with E-state index in [-0.39, 0.29) is 17.2 Å². The van der Waals surface area contributed by atoms with Gasteiger partial charge in [0.1, 0.15) is 11.6 Å². The SMILES string of the molecule is CCNCC1CCN(C(=O)c2ccc(F)cc2O)CC1. The Balaban J connectivity index is 1.94. The van der Waals surface area contributed by atoms with Crippen LogP contribution in [0.2, 0.25) is 0 Å². The van der Waals surface area contributed by atoms with Gasteiger partial charge in [0, 0.05) is 19.2 Å². The van der Waals surface area contributed by atoms with Crippen molar-refractivity contribution in [2.24, 2.45) is 5.92 Å². The molecule has 1 aromatic carbocycles. The highest BCUT2D eigenvalue weighted by Crippen LogP contribution is 2.23. The first-order chi connectivity index (χ1) is 9.61. The third-order valence-electron chi connectivity index (χ3n) is 3.77. The summed E-state index contributed by atoms with van der Waals surface area (Å²) in [6.45, 7) is 5.40. The molecule has 0 saturated carbocycles. The van der Waals surface area contributed by atoms with E-state index in [0.29, 0.717) is 19.0 Å². The average molecular weight is 280 g/mol. The van der Waals surface area contributed by atoms with Crippen molar-refractivity contribution < 1.29 is 14.3 Å². The molecule has 0 bridgehead atoms. The Hall–Kier alpha value is -1.62. The van der Waals surface area contributed by atoms with Gasteiger partial charge in [-0.25, -0.2) is 4.39 Å². The molecule has 1 fully saturated rings. The van der Waals surface area contributed by atoms with Crippen molar-refractivity contribution >= 4 is 5.91 Å². The number of phenolic OH excluding ortho intramolecular Hbond substituents is 1. The molecule has 0 unspecified atom stereocenters. The van der Waals surface area contributed by atoms with Gasteiger partial charge in [-0.3, -0.25) is 4.79 Å². The quantitative estimate of drug-likeness (QED) is 0.887. The predicted molar refractivity (Wildman–Crippen MR) is 75.2 cm³/mol. The Kier molecular flexibility index (Phi) is 4.95. The molecule has 2 N–H and O–H groups in total. The van der Waals surface area contributed by atoms with Crippen molar-refractivity contribution in [3.05, 3.63) is 29.6 Å². The van der Waals surface area contributed by atoms with Crippen molar-refractivity contribution in [2.45, 2.75) is 19.8 Å². The van der Waals surface area contributed by atoms with E-state index in [1.54, 1.807) is 4.90 Å². The molecule has 1 heterocycles. The summed E-state index contributed by atoms with van der Waals surface area (Å²) in [5.41, 5.74) is 0.177. The Morgan fingerprint density at radius 2 is 2.15 bits per heavy atom. The highest BCUT2D eigenvalue weighted by Gasteiger charge is 2.24. The van der Waals surface area contributed by atoms with Crippen LogP contribution in [0.1, 0.15) is 30.1 Å². The number of benzene rings is 1. The second kappa shape index (κ2) is 6.70. The zero-order valence-electron chi connectivity index (χ0n) is 11.7. The maximum absolute atomic E-state index is 12.9. The lowest BCUT2D eigenvalue weighted by atomic mass is 9.96. The summed E-state index contributed by atoms with van der Waals surface area (Å²) in [4.78, 5) is 14.0. The molecule has 1 amide bonds. The summed E-state index contributed by atoms with van der Waals surface area (Å²) in [5, 5.41) is 13.0. The van der Waals surface area contributed by atoms with Crippen LogP contribution < -0.4 is 5.32 Å². The van der Waals surface area contributed by atoms with Crippen molar-refractivity contribution in [3.63, 3.8) is 0 Å². The smallest absolute Gasteiger partial charge is 0.257 e. The van der Waals surface area contributed by atoms with Gasteiger partial charge in [-0.1, -0.05) is 6.92 Å². The van der Waals surface area contributed by atoms with Crippen molar-refractivity contribution in [1.82, 2.24) is 10.2 Å². The number of piperidine rings is 1. The number of hydrogen-bond acceptors (Lipinski definition) is 3. The first kappa shape index (κ1) is 14.8. The minimum Gasteiger partial charge on any atom is -0.507 e. The summed E-state index contributed by atoms with van der Waals surface area (Å²) in [6.07, 6.45) is 1.92. The number of carbonyl (C=O) groups is 1. The van der Waals surface area contributed by atoms with Crippen LogP contribution >= 0.6 is 0 Å². The van der Waals surface area contributed by atoms with E-state index in [4.69, 9.17) is 0 Å². The minimum absolute atomic E-state index is 0.177. The number of carbonyl (C=O) groups excluding carboxylic acids is 1. The van der Waals surface area contributed by atoms with Crippen LogP contribution in [-0.4, -0.2) is 42.1 Å². The van der Waals surface area contributed by atoms with E-state index >= 15 is 0 Å². The highest BCUT2D eigenvalue weighted by molar-refractivity contribution is 5.96. The molecule has 1 aliphatic heterocycles. The molecule has 1 aromatic rings. The lowest BCUT2D eigenvalue weighted by Crippen LogP contribution is -2.40. The van der Waals surface area contributed by atoms with Gasteiger partial charge >= 0.3 is 0 Å². The second-order valence-electron chi connectivity index (χ2n) is 5.20. The predicted octanol–water partition coefficient (Wildman–Crippen LogP) is 1.99. The molecule has 0 atom stereocenters. The number of halogens is 1. The number of phenols is 1. The monoisotopic (exact) mass is 280 g/mol. The van der Waals surface area contributed by atoms with Crippen molar-refractivity contribution in [2.75, 3.05) is 26.2 Å². The van der Waals surface area contributed by atoms with Gasteiger partial charge in [-0.15, -0.1) is 0 Å². The first-order valence-electron chi connectivity index (χ1n) is 7.10. The van der Waals surface area contributed by atoms with Crippen LogP contribution in [0.3, 0.4) is 0 Å². The number of rotatable bonds is 4. The molecule has 0 aromatic heterocycles. The molecular formula is C15H21FN2O2. The zero-order valence-corrected chi connectivity index (χ0v) is 11.7. The second-order valence-corrected chi connectivity index (χ2v) is 5.20. The van der Waals surface area contributed by atoms with Gasteiger partial charge in [0.05, 0.1) is 5.56 Å². The molecule has 20 heavy (non-hydrogen) atoms. The first-order valence-corrected chi connectivity index (χ1v) is 7.10. The fourth-order valence-electron chi connectivity index (χ4n) is 2.54. The van der Waals surface area contributed by atoms with Crippen molar-refractivity contribution in [3.8, 4) is 5.75 Å². The Morgan fingerprint density at radius 1 is 1.45 bits per heavy atom. The Morgan fingerprint density at radius 3 is 2.75 bits per heavy atom. The maximum Gasteiger partial charge on any atom is 0.257 e.